The van der Waals surface area contributed by atoms with Gasteiger partial charge in [0.2, 0.25) is 0 Å². The van der Waals surface area contributed by atoms with E-state index in [4.69, 9.17) is 14.2 Å². The van der Waals surface area contributed by atoms with Crippen molar-refractivity contribution < 1.29 is 28.6 Å². The van der Waals surface area contributed by atoms with Gasteiger partial charge in [0, 0.05) is 0 Å². The van der Waals surface area contributed by atoms with Crippen LogP contribution >= 0.6 is 22.6 Å². The van der Waals surface area contributed by atoms with Crippen molar-refractivity contribution in [3.8, 4) is 17.2 Å². The highest BCUT2D eigenvalue weighted by atomic mass is 127. The number of ether oxygens (including phenoxy) is 3. The van der Waals surface area contributed by atoms with Crippen molar-refractivity contribution in [3.05, 3.63) is 63.8 Å². The number of hydrogen-bond acceptors (Lipinski definition) is 6. The van der Waals surface area contributed by atoms with Crippen LogP contribution in [0, 0.1) is 3.57 Å². The molecule has 8 nitrogen and oxygen atoms in total. The van der Waals surface area contributed by atoms with Gasteiger partial charge in [-0.2, -0.15) is 0 Å². The fourth-order valence-electron chi connectivity index (χ4n) is 3.30. The number of anilines is 1. The van der Waals surface area contributed by atoms with Crippen molar-refractivity contribution in [3.63, 3.8) is 0 Å². The molecule has 1 aliphatic heterocycles. The van der Waals surface area contributed by atoms with E-state index in [1.54, 1.807) is 42.5 Å². The second kappa shape index (κ2) is 12.4. The van der Waals surface area contributed by atoms with Gasteiger partial charge < -0.3 is 14.2 Å². The Hall–Kier alpha value is -3.34. The van der Waals surface area contributed by atoms with Crippen LogP contribution < -0.4 is 24.4 Å². The molecule has 0 radical (unpaired) electrons. The number of halogens is 1. The monoisotopic (exact) mass is 590 g/mol. The van der Waals surface area contributed by atoms with E-state index in [9.17, 15) is 14.4 Å². The zero-order chi connectivity index (χ0) is 25.4. The zero-order valence-corrected chi connectivity index (χ0v) is 21.8. The molecule has 0 bridgehead atoms. The van der Waals surface area contributed by atoms with E-state index in [-0.39, 0.29) is 5.57 Å². The molecule has 1 N–H and O–H groups in total. The van der Waals surface area contributed by atoms with Crippen molar-refractivity contribution in [1.29, 1.82) is 0 Å². The Morgan fingerprint density at radius 3 is 2.46 bits per heavy atom. The van der Waals surface area contributed by atoms with Crippen LogP contribution in [0.2, 0.25) is 0 Å². The molecule has 184 valence electrons. The Bertz CT molecular complexity index is 1140. The molecule has 1 heterocycles. The maximum Gasteiger partial charge on any atom is 0.335 e. The first-order valence-electron chi connectivity index (χ1n) is 11.2. The van der Waals surface area contributed by atoms with Gasteiger partial charge in [-0.25, -0.2) is 9.69 Å². The molecule has 0 aliphatic carbocycles. The summed E-state index contributed by atoms with van der Waals surface area (Å²) in [5, 5.41) is 2.24. The van der Waals surface area contributed by atoms with Crippen LogP contribution in [0.4, 0.5) is 10.5 Å². The van der Waals surface area contributed by atoms with Crippen LogP contribution in [-0.2, 0) is 9.59 Å². The molecule has 1 saturated heterocycles. The van der Waals surface area contributed by atoms with Crippen molar-refractivity contribution in [2.75, 3.05) is 24.7 Å². The standard InChI is InChI=1S/C26H27IN2O6/c1-4-7-13-34-19-10-8-18(9-11-19)29-25(31)20(24(30)28-26(29)32)14-17-15-21(27)23(35-12-5-2)22(16-17)33-6-3/h5,8-11,14-16H,2,4,6-7,12-13H2,1,3H3,(H,28,30,32)/b20-14-. The van der Waals surface area contributed by atoms with Gasteiger partial charge in [-0.3, -0.25) is 14.9 Å². The molecule has 0 aromatic heterocycles. The smallest absolute Gasteiger partial charge is 0.335 e. The average Bonchev–Trinajstić information content (AvgIpc) is 2.82. The van der Waals surface area contributed by atoms with Crippen molar-refractivity contribution >= 4 is 52.2 Å². The molecule has 1 fully saturated rings. The predicted octanol–water partition coefficient (Wildman–Crippen LogP) is 5.10. The molecule has 0 atom stereocenters. The summed E-state index contributed by atoms with van der Waals surface area (Å²) < 4.78 is 17.8. The van der Waals surface area contributed by atoms with E-state index in [2.05, 4.69) is 41.4 Å². The lowest BCUT2D eigenvalue weighted by atomic mass is 10.1. The van der Waals surface area contributed by atoms with Gasteiger partial charge in [0.1, 0.15) is 17.9 Å². The lowest BCUT2D eigenvalue weighted by Crippen LogP contribution is -2.54. The van der Waals surface area contributed by atoms with Gasteiger partial charge in [0.05, 0.1) is 22.5 Å². The minimum Gasteiger partial charge on any atom is -0.494 e. The molecular formula is C26H27IN2O6. The quantitative estimate of drug-likeness (QED) is 0.129. The molecule has 0 spiro atoms. The molecule has 4 amide bonds. The average molecular weight is 590 g/mol. The number of nitrogens with zero attached hydrogens (tertiary/aromatic N) is 1. The second-order valence-corrected chi connectivity index (χ2v) is 8.68. The Labute approximate surface area is 218 Å². The van der Waals surface area contributed by atoms with E-state index >= 15 is 0 Å². The fraction of sp³-hybridized carbons (Fsp3) is 0.269. The topological polar surface area (TPSA) is 94.2 Å². The summed E-state index contributed by atoms with van der Waals surface area (Å²) in [7, 11) is 0. The van der Waals surface area contributed by atoms with Gasteiger partial charge in [-0.1, -0.05) is 26.0 Å². The summed E-state index contributed by atoms with van der Waals surface area (Å²) in [6.45, 7) is 8.86. The molecule has 2 aromatic rings. The first kappa shape index (κ1) is 26.3. The summed E-state index contributed by atoms with van der Waals surface area (Å²) >= 11 is 2.10. The van der Waals surface area contributed by atoms with Crippen LogP contribution in [-0.4, -0.2) is 37.7 Å². The summed E-state index contributed by atoms with van der Waals surface area (Å²) in [6.07, 6.45) is 5.00. The number of unbranched alkanes of at least 4 members (excludes halogenated alkanes) is 1. The predicted molar refractivity (Wildman–Crippen MR) is 142 cm³/mol. The third kappa shape index (κ3) is 6.41. The number of amides is 4. The van der Waals surface area contributed by atoms with Gasteiger partial charge in [0.25, 0.3) is 11.8 Å². The molecule has 3 rings (SSSR count). The minimum absolute atomic E-state index is 0.175. The number of barbiturate groups is 1. The third-order valence-corrected chi connectivity index (χ3v) is 5.75. The Morgan fingerprint density at radius 1 is 1.06 bits per heavy atom. The maximum absolute atomic E-state index is 13.2. The lowest BCUT2D eigenvalue weighted by Gasteiger charge is -2.26. The number of hydrogen-bond donors (Lipinski definition) is 1. The maximum atomic E-state index is 13.2. The lowest BCUT2D eigenvalue weighted by molar-refractivity contribution is -0.122. The number of imide groups is 2. The largest absolute Gasteiger partial charge is 0.494 e. The highest BCUT2D eigenvalue weighted by molar-refractivity contribution is 14.1. The van der Waals surface area contributed by atoms with Gasteiger partial charge in [0.15, 0.2) is 11.5 Å². The van der Waals surface area contributed by atoms with Gasteiger partial charge in [-0.15, -0.1) is 0 Å². The molecule has 1 aliphatic rings. The fourth-order valence-corrected chi connectivity index (χ4v) is 4.08. The van der Waals surface area contributed by atoms with Gasteiger partial charge >= 0.3 is 6.03 Å². The van der Waals surface area contributed by atoms with Crippen molar-refractivity contribution in [2.45, 2.75) is 26.7 Å². The summed E-state index contributed by atoms with van der Waals surface area (Å²) in [5.74, 6) is 0.167. The number of benzene rings is 2. The van der Waals surface area contributed by atoms with Crippen LogP contribution in [0.15, 0.2) is 54.6 Å². The Morgan fingerprint density at radius 2 is 1.80 bits per heavy atom. The number of nitrogens with one attached hydrogen (secondary N) is 1. The van der Waals surface area contributed by atoms with Gasteiger partial charge in [-0.05, 0) is 84.0 Å². The SMILES string of the molecule is C=CCOc1c(I)cc(/C=C2/C(=O)NC(=O)N(c3ccc(OCCCC)cc3)C2=O)cc1OCC. The van der Waals surface area contributed by atoms with E-state index in [1.807, 2.05) is 6.92 Å². The molecular weight excluding hydrogens is 563 g/mol. The van der Waals surface area contributed by atoms with E-state index in [0.717, 1.165) is 21.3 Å². The van der Waals surface area contributed by atoms with Crippen LogP contribution in [0.5, 0.6) is 17.2 Å². The highest BCUT2D eigenvalue weighted by Gasteiger charge is 2.37. The normalized spacial score (nSPS) is 14.7. The summed E-state index contributed by atoms with van der Waals surface area (Å²) in [6, 6.07) is 9.21. The first-order valence-corrected chi connectivity index (χ1v) is 12.3. The first-order chi connectivity index (χ1) is 16.9. The summed E-state index contributed by atoms with van der Waals surface area (Å²) in [5.41, 5.74) is 0.702. The zero-order valence-electron chi connectivity index (χ0n) is 19.6. The minimum atomic E-state index is -0.811. The van der Waals surface area contributed by atoms with Crippen LogP contribution in [0.1, 0.15) is 32.3 Å². The molecule has 9 heteroatoms. The second-order valence-electron chi connectivity index (χ2n) is 7.52. The summed E-state index contributed by atoms with van der Waals surface area (Å²) in [4.78, 5) is 39.2. The number of carbonyl (C=O) groups excluding carboxylic acids is 3. The number of rotatable bonds is 11. The van der Waals surface area contributed by atoms with E-state index in [0.29, 0.717) is 48.3 Å². The molecule has 2 aromatic carbocycles. The van der Waals surface area contributed by atoms with Crippen LogP contribution in [0.25, 0.3) is 6.08 Å². The molecule has 35 heavy (non-hydrogen) atoms. The van der Waals surface area contributed by atoms with E-state index < -0.39 is 17.8 Å². The third-order valence-electron chi connectivity index (χ3n) is 4.95. The van der Waals surface area contributed by atoms with Crippen molar-refractivity contribution in [2.24, 2.45) is 0 Å². The van der Waals surface area contributed by atoms with Crippen LogP contribution in [0.3, 0.4) is 0 Å². The highest BCUT2D eigenvalue weighted by Crippen LogP contribution is 2.35. The van der Waals surface area contributed by atoms with Crippen molar-refractivity contribution in [1.82, 2.24) is 5.32 Å². The molecule has 0 saturated carbocycles. The Kier molecular flexibility index (Phi) is 9.30. The number of carbonyl (C=O) groups is 3. The number of urea groups is 1. The molecule has 0 unspecified atom stereocenters. The Balaban J connectivity index is 1.91. The van der Waals surface area contributed by atoms with E-state index in [1.165, 1.54) is 6.08 Å².